The molecule has 2 aromatic rings. The second-order valence-electron chi connectivity index (χ2n) is 6.64. The lowest BCUT2D eigenvalue weighted by atomic mass is 9.86. The van der Waals surface area contributed by atoms with Crippen molar-refractivity contribution in [2.75, 3.05) is 0 Å². The van der Waals surface area contributed by atoms with Crippen molar-refractivity contribution in [2.45, 2.75) is 45.1 Å². The van der Waals surface area contributed by atoms with Crippen LogP contribution in [0.25, 0.3) is 0 Å². The summed E-state index contributed by atoms with van der Waals surface area (Å²) < 4.78 is 11.0. The Morgan fingerprint density at radius 2 is 1.70 bits per heavy atom. The summed E-state index contributed by atoms with van der Waals surface area (Å²) in [5, 5.41) is 0. The number of benzene rings is 2. The molecular formula is C23H24O4. The highest BCUT2D eigenvalue weighted by Crippen LogP contribution is 2.36. The first-order valence-corrected chi connectivity index (χ1v) is 9.36. The van der Waals surface area contributed by atoms with Crippen LogP contribution in [-0.2, 0) is 20.9 Å². The van der Waals surface area contributed by atoms with Gasteiger partial charge in [-0.1, -0.05) is 61.9 Å². The van der Waals surface area contributed by atoms with Gasteiger partial charge in [-0.25, -0.2) is 0 Å². The van der Waals surface area contributed by atoms with E-state index in [1.165, 1.54) is 5.56 Å². The molecule has 0 aliphatic carbocycles. The van der Waals surface area contributed by atoms with Crippen LogP contribution in [0, 0.1) is 0 Å². The van der Waals surface area contributed by atoms with Crippen LogP contribution in [0.15, 0.2) is 60.7 Å². The van der Waals surface area contributed by atoms with E-state index in [1.807, 2.05) is 36.4 Å². The Kier molecular flexibility index (Phi) is 6.42. The van der Waals surface area contributed by atoms with Gasteiger partial charge in [-0.3, -0.25) is 9.59 Å². The molecule has 4 nitrogen and oxygen atoms in total. The number of ether oxygens (including phenoxy) is 2. The van der Waals surface area contributed by atoms with Gasteiger partial charge in [0.05, 0.1) is 12.8 Å². The molecule has 0 saturated carbocycles. The third kappa shape index (κ3) is 5.07. The van der Waals surface area contributed by atoms with Crippen molar-refractivity contribution in [1.29, 1.82) is 0 Å². The second-order valence-corrected chi connectivity index (χ2v) is 6.64. The molecule has 1 atom stereocenters. The Balaban J connectivity index is 2.03. The minimum absolute atomic E-state index is 0.107. The predicted molar refractivity (Wildman–Crippen MR) is 103 cm³/mol. The fourth-order valence-electron chi connectivity index (χ4n) is 3.27. The van der Waals surface area contributed by atoms with Gasteiger partial charge in [-0.05, 0) is 29.7 Å². The van der Waals surface area contributed by atoms with Gasteiger partial charge in [0.15, 0.2) is 0 Å². The van der Waals surface area contributed by atoms with Crippen molar-refractivity contribution in [3.63, 3.8) is 0 Å². The quantitative estimate of drug-likeness (QED) is 0.439. The minimum atomic E-state index is -0.337. The lowest BCUT2D eigenvalue weighted by molar-refractivity contribution is -0.144. The maximum absolute atomic E-state index is 12.2. The third-order valence-electron chi connectivity index (χ3n) is 4.59. The fraction of sp³-hybridized carbons (Fsp3) is 0.304. The van der Waals surface area contributed by atoms with Crippen LogP contribution < -0.4 is 4.74 Å². The zero-order valence-electron chi connectivity index (χ0n) is 15.5. The monoisotopic (exact) mass is 364 g/mol. The highest BCUT2D eigenvalue weighted by Gasteiger charge is 2.20. The van der Waals surface area contributed by atoms with Crippen LogP contribution in [0.1, 0.15) is 55.2 Å². The largest absolute Gasteiger partial charge is 0.461 e. The van der Waals surface area contributed by atoms with Gasteiger partial charge in [0, 0.05) is 11.5 Å². The minimum Gasteiger partial charge on any atom is -0.461 e. The summed E-state index contributed by atoms with van der Waals surface area (Å²) in [5.41, 5.74) is 3.02. The summed E-state index contributed by atoms with van der Waals surface area (Å²) in [6, 6.07) is 15.9. The Hall–Kier alpha value is -2.88. The molecule has 2 aliphatic rings. The van der Waals surface area contributed by atoms with E-state index >= 15 is 0 Å². The summed E-state index contributed by atoms with van der Waals surface area (Å²) in [6.07, 6.45) is 5.49. The first-order chi connectivity index (χ1) is 13.2. The Bertz CT molecular complexity index is 824. The standard InChI is InChI=1S/C23H24O4/c1-2-8-19(18-9-4-3-5-10-18)20-15-17-13-14-21(20)27-23(25)12-7-6-11-22(24)26-16-17/h3-7,9-10,13-15,19H,2,8,11-12,16H2,1H3/b7-6+. The van der Waals surface area contributed by atoms with Crippen molar-refractivity contribution in [1.82, 2.24) is 0 Å². The van der Waals surface area contributed by atoms with Gasteiger partial charge in [-0.15, -0.1) is 0 Å². The van der Waals surface area contributed by atoms with Crippen LogP contribution in [0.2, 0.25) is 0 Å². The summed E-state index contributed by atoms with van der Waals surface area (Å²) in [7, 11) is 0. The normalized spacial score (nSPS) is 17.1. The fourth-order valence-corrected chi connectivity index (χ4v) is 3.27. The topological polar surface area (TPSA) is 52.6 Å². The Morgan fingerprint density at radius 3 is 2.44 bits per heavy atom. The summed E-state index contributed by atoms with van der Waals surface area (Å²) in [4.78, 5) is 24.1. The molecular weight excluding hydrogens is 340 g/mol. The zero-order chi connectivity index (χ0) is 19.1. The molecule has 2 heterocycles. The van der Waals surface area contributed by atoms with E-state index in [0.717, 1.165) is 24.0 Å². The number of fused-ring (bicyclic) bond motifs is 9. The molecule has 0 saturated heterocycles. The van der Waals surface area contributed by atoms with Crippen molar-refractivity contribution in [3.8, 4) is 5.75 Å². The Morgan fingerprint density at radius 1 is 0.963 bits per heavy atom. The van der Waals surface area contributed by atoms with Crippen LogP contribution in [0.5, 0.6) is 5.75 Å². The van der Waals surface area contributed by atoms with Gasteiger partial charge in [-0.2, -0.15) is 0 Å². The average Bonchev–Trinajstić information content (AvgIpc) is 2.71. The molecule has 0 spiro atoms. The van der Waals surface area contributed by atoms with E-state index < -0.39 is 0 Å². The predicted octanol–water partition coefficient (Wildman–Crippen LogP) is 4.92. The van der Waals surface area contributed by atoms with Gasteiger partial charge in [0.1, 0.15) is 12.4 Å². The lowest BCUT2D eigenvalue weighted by Crippen LogP contribution is -2.11. The van der Waals surface area contributed by atoms with E-state index in [2.05, 4.69) is 19.1 Å². The number of carbonyl (C=O) groups excluding carboxylic acids is 2. The van der Waals surface area contributed by atoms with E-state index in [4.69, 9.17) is 9.47 Å². The van der Waals surface area contributed by atoms with Crippen LogP contribution in [-0.4, -0.2) is 11.9 Å². The van der Waals surface area contributed by atoms with Gasteiger partial charge >= 0.3 is 11.9 Å². The van der Waals surface area contributed by atoms with Crippen LogP contribution >= 0.6 is 0 Å². The highest BCUT2D eigenvalue weighted by molar-refractivity contribution is 5.75. The number of hydrogen-bond donors (Lipinski definition) is 0. The first kappa shape index (κ1) is 18.9. The smallest absolute Gasteiger partial charge is 0.315 e. The van der Waals surface area contributed by atoms with Gasteiger partial charge in [0.2, 0.25) is 0 Å². The number of carbonyl (C=O) groups is 2. The zero-order valence-corrected chi connectivity index (χ0v) is 15.5. The molecule has 2 aromatic carbocycles. The summed E-state index contributed by atoms with van der Waals surface area (Å²) >= 11 is 0. The number of esters is 2. The Labute approximate surface area is 159 Å². The SMILES string of the molecule is CCCC(c1ccccc1)c1cc2ccc1OC(=O)C/C=C/CC(=O)OC2. The molecule has 2 aliphatic heterocycles. The van der Waals surface area contributed by atoms with E-state index in [1.54, 1.807) is 12.2 Å². The lowest BCUT2D eigenvalue weighted by Gasteiger charge is -2.21. The first-order valence-electron chi connectivity index (χ1n) is 9.36. The third-order valence-corrected chi connectivity index (χ3v) is 4.59. The van der Waals surface area contributed by atoms with Gasteiger partial charge in [0.25, 0.3) is 0 Å². The molecule has 27 heavy (non-hydrogen) atoms. The highest BCUT2D eigenvalue weighted by atomic mass is 16.5. The maximum atomic E-state index is 12.2. The van der Waals surface area contributed by atoms with Crippen molar-refractivity contribution in [3.05, 3.63) is 77.4 Å². The molecule has 0 radical (unpaired) electrons. The molecule has 2 bridgehead atoms. The second kappa shape index (κ2) is 9.17. The summed E-state index contributed by atoms with van der Waals surface area (Å²) in [5.74, 6) is 0.0363. The van der Waals surface area contributed by atoms with Gasteiger partial charge < -0.3 is 9.47 Å². The van der Waals surface area contributed by atoms with E-state index in [-0.39, 0.29) is 37.3 Å². The summed E-state index contributed by atoms with van der Waals surface area (Å²) in [6.45, 7) is 2.35. The molecule has 4 rings (SSSR count). The maximum Gasteiger partial charge on any atom is 0.315 e. The average molecular weight is 364 g/mol. The van der Waals surface area contributed by atoms with Crippen LogP contribution in [0.3, 0.4) is 0 Å². The molecule has 0 amide bonds. The van der Waals surface area contributed by atoms with E-state index in [9.17, 15) is 9.59 Å². The van der Waals surface area contributed by atoms with Crippen LogP contribution in [0.4, 0.5) is 0 Å². The number of hydrogen-bond acceptors (Lipinski definition) is 4. The van der Waals surface area contributed by atoms with Crippen molar-refractivity contribution >= 4 is 11.9 Å². The molecule has 0 fully saturated rings. The van der Waals surface area contributed by atoms with Crippen molar-refractivity contribution < 1.29 is 19.1 Å². The van der Waals surface area contributed by atoms with E-state index in [0.29, 0.717) is 5.75 Å². The number of rotatable bonds is 4. The molecule has 0 aromatic heterocycles. The molecule has 1 unspecified atom stereocenters. The molecule has 140 valence electrons. The molecule has 4 heteroatoms. The van der Waals surface area contributed by atoms with Crippen molar-refractivity contribution in [2.24, 2.45) is 0 Å². The molecule has 0 N–H and O–H groups in total.